The number of thiophene rings is 1. The third kappa shape index (κ3) is 4.14. The molecule has 29 heavy (non-hydrogen) atoms. The number of ether oxygens (including phenoxy) is 1. The summed E-state index contributed by atoms with van der Waals surface area (Å²) in [6, 6.07) is 18.2. The first-order valence-corrected chi connectivity index (χ1v) is 9.64. The number of ketones is 1. The first-order chi connectivity index (χ1) is 14.1. The second-order valence-electron chi connectivity index (χ2n) is 6.16. The number of carbonyl (C=O) groups is 2. The van der Waals surface area contributed by atoms with E-state index in [0.29, 0.717) is 5.69 Å². The summed E-state index contributed by atoms with van der Waals surface area (Å²) in [5.74, 6) is -1.50. The van der Waals surface area contributed by atoms with E-state index < -0.39 is 24.2 Å². The van der Waals surface area contributed by atoms with Crippen LogP contribution in [-0.4, -0.2) is 28.1 Å². The number of halogens is 1. The SMILES string of the molecule is O=C(COC(=O)c1cn(-c2ccccc2)nc1-c1cccs1)c1ccc(F)cc1. The van der Waals surface area contributed by atoms with Crippen LogP contribution in [-0.2, 0) is 4.74 Å². The Kier molecular flexibility index (Phi) is 5.31. The number of hydrogen-bond acceptors (Lipinski definition) is 5. The maximum absolute atomic E-state index is 13.0. The number of rotatable bonds is 6. The number of benzene rings is 2. The molecule has 0 atom stereocenters. The second-order valence-corrected chi connectivity index (χ2v) is 7.10. The molecule has 4 rings (SSSR count). The fraction of sp³-hybridized carbons (Fsp3) is 0.0455. The molecule has 144 valence electrons. The molecule has 0 aliphatic rings. The number of Topliss-reactive ketones (excluding diaryl/α,β-unsaturated/α-hetero) is 1. The van der Waals surface area contributed by atoms with E-state index in [9.17, 15) is 14.0 Å². The van der Waals surface area contributed by atoms with Crippen molar-refractivity contribution >= 4 is 23.1 Å². The maximum atomic E-state index is 13.0. The lowest BCUT2D eigenvalue weighted by Crippen LogP contribution is -2.14. The van der Waals surface area contributed by atoms with Gasteiger partial charge in [-0.25, -0.2) is 13.9 Å². The minimum atomic E-state index is -0.647. The predicted octanol–water partition coefficient (Wildman–Crippen LogP) is 4.78. The molecule has 0 radical (unpaired) electrons. The number of carbonyl (C=O) groups excluding carboxylic acids is 2. The van der Waals surface area contributed by atoms with Crippen LogP contribution in [0.4, 0.5) is 4.39 Å². The lowest BCUT2D eigenvalue weighted by Gasteiger charge is -2.04. The van der Waals surface area contributed by atoms with Crippen molar-refractivity contribution in [3.05, 3.63) is 95.3 Å². The van der Waals surface area contributed by atoms with Crippen LogP contribution in [0.15, 0.2) is 78.3 Å². The maximum Gasteiger partial charge on any atom is 0.342 e. The standard InChI is InChI=1S/C22H15FN2O3S/c23-16-10-8-15(9-11-16)19(26)14-28-22(27)18-13-25(17-5-2-1-3-6-17)24-21(18)20-7-4-12-29-20/h1-13H,14H2. The van der Waals surface area contributed by atoms with Crippen LogP contribution in [0.3, 0.4) is 0 Å². The lowest BCUT2D eigenvalue weighted by atomic mass is 10.1. The van der Waals surface area contributed by atoms with Gasteiger partial charge in [0.1, 0.15) is 17.1 Å². The predicted molar refractivity (Wildman–Crippen MR) is 108 cm³/mol. The van der Waals surface area contributed by atoms with Crippen molar-refractivity contribution in [2.45, 2.75) is 0 Å². The molecule has 4 aromatic rings. The summed E-state index contributed by atoms with van der Waals surface area (Å²) >= 11 is 1.45. The lowest BCUT2D eigenvalue weighted by molar-refractivity contribution is 0.0475. The second kappa shape index (κ2) is 8.20. The first kappa shape index (κ1) is 18.8. The van der Waals surface area contributed by atoms with Crippen LogP contribution in [0.5, 0.6) is 0 Å². The molecule has 2 heterocycles. The minimum Gasteiger partial charge on any atom is -0.454 e. The molecular weight excluding hydrogens is 391 g/mol. The number of nitrogens with zero attached hydrogens (tertiary/aromatic N) is 2. The zero-order chi connectivity index (χ0) is 20.2. The Hall–Kier alpha value is -3.58. The van der Waals surface area contributed by atoms with Crippen LogP contribution in [0.25, 0.3) is 16.3 Å². The van der Waals surface area contributed by atoms with Gasteiger partial charge in [0.2, 0.25) is 0 Å². The highest BCUT2D eigenvalue weighted by Crippen LogP contribution is 2.28. The van der Waals surface area contributed by atoms with Crippen molar-refractivity contribution in [3.63, 3.8) is 0 Å². The van der Waals surface area contributed by atoms with Crippen LogP contribution < -0.4 is 0 Å². The Morgan fingerprint density at radius 2 is 1.76 bits per heavy atom. The fourth-order valence-electron chi connectivity index (χ4n) is 2.76. The number of para-hydroxylation sites is 1. The fourth-order valence-corrected chi connectivity index (χ4v) is 3.48. The topological polar surface area (TPSA) is 61.2 Å². The molecule has 0 amide bonds. The molecule has 0 aliphatic carbocycles. The first-order valence-electron chi connectivity index (χ1n) is 8.76. The summed E-state index contributed by atoms with van der Waals surface area (Å²) in [4.78, 5) is 25.7. The zero-order valence-electron chi connectivity index (χ0n) is 15.1. The van der Waals surface area contributed by atoms with Gasteiger partial charge in [0.15, 0.2) is 12.4 Å². The van der Waals surface area contributed by atoms with Gasteiger partial charge in [-0.3, -0.25) is 4.79 Å². The number of esters is 1. The average Bonchev–Trinajstić information content (AvgIpc) is 3.43. The van der Waals surface area contributed by atoms with Crippen molar-refractivity contribution in [2.24, 2.45) is 0 Å². The minimum absolute atomic E-state index is 0.267. The Balaban J connectivity index is 1.58. The van der Waals surface area contributed by atoms with E-state index in [0.717, 1.165) is 10.6 Å². The van der Waals surface area contributed by atoms with Crippen LogP contribution in [0.1, 0.15) is 20.7 Å². The number of hydrogen-bond donors (Lipinski definition) is 0. The van der Waals surface area contributed by atoms with Gasteiger partial charge >= 0.3 is 5.97 Å². The van der Waals surface area contributed by atoms with Crippen LogP contribution >= 0.6 is 11.3 Å². The van der Waals surface area contributed by atoms with E-state index in [2.05, 4.69) is 5.10 Å². The van der Waals surface area contributed by atoms with E-state index in [-0.39, 0.29) is 11.1 Å². The highest BCUT2D eigenvalue weighted by Gasteiger charge is 2.21. The van der Waals surface area contributed by atoms with Gasteiger partial charge in [-0.15, -0.1) is 11.3 Å². The Morgan fingerprint density at radius 3 is 2.45 bits per heavy atom. The molecule has 7 heteroatoms. The molecule has 0 saturated heterocycles. The summed E-state index contributed by atoms with van der Waals surface area (Å²) in [6.07, 6.45) is 1.59. The van der Waals surface area contributed by atoms with Crippen molar-refractivity contribution in [2.75, 3.05) is 6.61 Å². The molecule has 2 aromatic heterocycles. The van der Waals surface area contributed by atoms with Crippen LogP contribution in [0.2, 0.25) is 0 Å². The van der Waals surface area contributed by atoms with Gasteiger partial charge in [0, 0.05) is 11.8 Å². The van der Waals surface area contributed by atoms with Crippen molar-refractivity contribution in [1.82, 2.24) is 9.78 Å². The van der Waals surface area contributed by atoms with E-state index in [1.165, 1.54) is 35.6 Å². The summed E-state index contributed by atoms with van der Waals surface area (Å²) < 4.78 is 19.8. The van der Waals surface area contributed by atoms with Crippen LogP contribution in [0, 0.1) is 5.82 Å². The van der Waals surface area contributed by atoms with E-state index >= 15 is 0 Å². The molecule has 5 nitrogen and oxygen atoms in total. The molecule has 0 N–H and O–H groups in total. The van der Waals surface area contributed by atoms with E-state index in [1.54, 1.807) is 10.9 Å². The van der Waals surface area contributed by atoms with Gasteiger partial charge < -0.3 is 4.74 Å². The van der Waals surface area contributed by atoms with Crippen molar-refractivity contribution in [3.8, 4) is 16.3 Å². The summed E-state index contributed by atoms with van der Waals surface area (Å²) in [5.41, 5.74) is 1.83. The molecule has 0 fully saturated rings. The summed E-state index contributed by atoms with van der Waals surface area (Å²) in [5, 5.41) is 6.43. The van der Waals surface area contributed by atoms with Gasteiger partial charge in [-0.2, -0.15) is 5.10 Å². The smallest absolute Gasteiger partial charge is 0.342 e. The normalized spacial score (nSPS) is 10.7. The highest BCUT2D eigenvalue weighted by molar-refractivity contribution is 7.13. The largest absolute Gasteiger partial charge is 0.454 e. The van der Waals surface area contributed by atoms with Gasteiger partial charge in [-0.05, 0) is 47.8 Å². The highest BCUT2D eigenvalue weighted by atomic mass is 32.1. The van der Waals surface area contributed by atoms with Crippen molar-refractivity contribution < 1.29 is 18.7 Å². The van der Waals surface area contributed by atoms with Gasteiger partial charge in [-0.1, -0.05) is 24.3 Å². The van der Waals surface area contributed by atoms with Crippen molar-refractivity contribution in [1.29, 1.82) is 0 Å². The summed E-state index contributed by atoms with van der Waals surface area (Å²) in [6.45, 7) is -0.440. The third-order valence-corrected chi connectivity index (χ3v) is 5.09. The Labute approximate surface area is 170 Å². The molecule has 0 bridgehead atoms. The molecular formula is C22H15FN2O3S. The quantitative estimate of drug-likeness (QED) is 0.342. The van der Waals surface area contributed by atoms with Gasteiger partial charge in [0.25, 0.3) is 0 Å². The Morgan fingerprint density at radius 1 is 1.00 bits per heavy atom. The summed E-state index contributed by atoms with van der Waals surface area (Å²) in [7, 11) is 0. The molecule has 2 aromatic carbocycles. The monoisotopic (exact) mass is 406 g/mol. The number of aromatic nitrogens is 2. The van der Waals surface area contributed by atoms with E-state index in [1.807, 2.05) is 47.8 Å². The molecule has 0 spiro atoms. The van der Waals surface area contributed by atoms with E-state index in [4.69, 9.17) is 4.74 Å². The third-order valence-electron chi connectivity index (χ3n) is 4.21. The Bertz CT molecular complexity index is 1140. The average molecular weight is 406 g/mol. The molecule has 0 saturated carbocycles. The zero-order valence-corrected chi connectivity index (χ0v) is 15.9. The molecule has 0 unspecified atom stereocenters. The molecule has 0 aliphatic heterocycles. The van der Waals surface area contributed by atoms with Gasteiger partial charge in [0.05, 0.1) is 10.6 Å².